The van der Waals surface area contributed by atoms with E-state index in [1.165, 1.54) is 4.90 Å². The van der Waals surface area contributed by atoms with Crippen molar-refractivity contribution in [2.75, 3.05) is 6.54 Å². The van der Waals surface area contributed by atoms with Crippen molar-refractivity contribution in [3.05, 3.63) is 0 Å². The molecular formula is C17H29NO5S. The summed E-state index contributed by atoms with van der Waals surface area (Å²) in [6.45, 7) is 5.55. The molecule has 1 saturated heterocycles. The van der Waals surface area contributed by atoms with Crippen LogP contribution in [-0.2, 0) is 19.4 Å². The van der Waals surface area contributed by atoms with Crippen LogP contribution in [0.25, 0.3) is 0 Å². The van der Waals surface area contributed by atoms with Crippen molar-refractivity contribution in [1.82, 2.24) is 4.90 Å². The molecule has 1 saturated carbocycles. The topological polar surface area (TPSA) is 91.8 Å². The van der Waals surface area contributed by atoms with E-state index in [4.69, 9.17) is 0 Å². The largest absolute Gasteiger partial charge is 0.481 e. The SMILES string of the molecule is CC(C)C(C(=O)N1CCC(C(=O)O)C1C)S(=O)(=O)C1CCCCC1. The molecular weight excluding hydrogens is 330 g/mol. The Hall–Kier alpha value is -1.11. The number of sulfone groups is 1. The molecule has 0 aromatic rings. The van der Waals surface area contributed by atoms with E-state index in [-0.39, 0.29) is 5.92 Å². The molecule has 3 atom stereocenters. The maximum atomic E-state index is 13.1. The summed E-state index contributed by atoms with van der Waals surface area (Å²) in [4.78, 5) is 25.8. The second-order valence-corrected chi connectivity index (χ2v) is 9.87. The van der Waals surface area contributed by atoms with Gasteiger partial charge in [0.15, 0.2) is 9.84 Å². The van der Waals surface area contributed by atoms with Crippen molar-refractivity contribution < 1.29 is 23.1 Å². The Bertz CT molecular complexity index is 580. The Labute approximate surface area is 144 Å². The third kappa shape index (κ3) is 3.60. The molecule has 6 nitrogen and oxygen atoms in total. The molecule has 1 N–H and O–H groups in total. The van der Waals surface area contributed by atoms with Gasteiger partial charge in [-0.25, -0.2) is 8.42 Å². The normalized spacial score (nSPS) is 27.4. The first-order valence-corrected chi connectivity index (χ1v) is 10.5. The lowest BCUT2D eigenvalue weighted by Gasteiger charge is -2.33. The van der Waals surface area contributed by atoms with Crippen LogP contribution in [0.1, 0.15) is 59.3 Å². The zero-order valence-electron chi connectivity index (χ0n) is 14.8. The van der Waals surface area contributed by atoms with E-state index in [0.717, 1.165) is 19.3 Å². The fourth-order valence-corrected chi connectivity index (χ4v) is 6.73. The molecule has 138 valence electrons. The van der Waals surface area contributed by atoms with Crippen molar-refractivity contribution in [2.24, 2.45) is 11.8 Å². The van der Waals surface area contributed by atoms with Gasteiger partial charge in [0.1, 0.15) is 5.25 Å². The molecule has 0 radical (unpaired) electrons. The molecule has 1 aliphatic heterocycles. The molecule has 1 heterocycles. The summed E-state index contributed by atoms with van der Waals surface area (Å²) in [6, 6.07) is -0.460. The van der Waals surface area contributed by atoms with E-state index in [2.05, 4.69) is 0 Å². The average molecular weight is 359 g/mol. The molecule has 0 aromatic carbocycles. The monoisotopic (exact) mass is 359 g/mol. The summed E-state index contributed by atoms with van der Waals surface area (Å²) in [6.07, 6.45) is 4.48. The highest BCUT2D eigenvalue weighted by molar-refractivity contribution is 7.93. The maximum absolute atomic E-state index is 13.1. The number of amides is 1. The molecule has 2 rings (SSSR count). The quantitative estimate of drug-likeness (QED) is 0.811. The number of carbonyl (C=O) groups excluding carboxylic acids is 1. The van der Waals surface area contributed by atoms with E-state index in [0.29, 0.717) is 25.8 Å². The Balaban J connectivity index is 2.24. The van der Waals surface area contributed by atoms with E-state index >= 15 is 0 Å². The summed E-state index contributed by atoms with van der Waals surface area (Å²) in [5.41, 5.74) is 0. The van der Waals surface area contributed by atoms with Crippen molar-refractivity contribution in [3.8, 4) is 0 Å². The number of nitrogens with zero attached hydrogens (tertiary/aromatic N) is 1. The minimum absolute atomic E-state index is 0.319. The third-order valence-corrected chi connectivity index (χ3v) is 8.43. The first-order valence-electron chi connectivity index (χ1n) is 8.94. The molecule has 24 heavy (non-hydrogen) atoms. The summed E-state index contributed by atoms with van der Waals surface area (Å²) < 4.78 is 26.2. The smallest absolute Gasteiger partial charge is 0.308 e. The van der Waals surface area contributed by atoms with Crippen LogP contribution in [0.2, 0.25) is 0 Å². The van der Waals surface area contributed by atoms with Crippen LogP contribution in [0.5, 0.6) is 0 Å². The van der Waals surface area contributed by atoms with Gasteiger partial charge in [0.05, 0.1) is 11.2 Å². The predicted molar refractivity (Wildman–Crippen MR) is 91.3 cm³/mol. The van der Waals surface area contributed by atoms with Gasteiger partial charge >= 0.3 is 5.97 Å². The summed E-state index contributed by atoms with van der Waals surface area (Å²) in [5, 5.41) is 7.74. The highest BCUT2D eigenvalue weighted by atomic mass is 32.2. The summed E-state index contributed by atoms with van der Waals surface area (Å²) in [5.74, 6) is -2.26. The summed E-state index contributed by atoms with van der Waals surface area (Å²) >= 11 is 0. The maximum Gasteiger partial charge on any atom is 0.308 e. The first-order chi connectivity index (χ1) is 11.2. The lowest BCUT2D eigenvalue weighted by molar-refractivity contribution is -0.143. The van der Waals surface area contributed by atoms with Gasteiger partial charge < -0.3 is 10.0 Å². The van der Waals surface area contributed by atoms with E-state index in [1.54, 1.807) is 20.8 Å². The lowest BCUT2D eigenvalue weighted by Crippen LogP contribution is -2.50. The van der Waals surface area contributed by atoms with Gasteiger partial charge in [0, 0.05) is 12.6 Å². The minimum atomic E-state index is -3.56. The molecule has 0 aromatic heterocycles. The molecule has 1 aliphatic carbocycles. The number of rotatable bonds is 5. The molecule has 2 fully saturated rings. The summed E-state index contributed by atoms with van der Waals surface area (Å²) in [7, 11) is -3.56. The Morgan fingerprint density at radius 2 is 1.67 bits per heavy atom. The zero-order valence-corrected chi connectivity index (χ0v) is 15.6. The fourth-order valence-electron chi connectivity index (χ4n) is 4.15. The van der Waals surface area contributed by atoms with Crippen LogP contribution < -0.4 is 0 Å². The Kier molecular flexibility index (Phi) is 5.94. The highest BCUT2D eigenvalue weighted by Crippen LogP contribution is 2.32. The predicted octanol–water partition coefficient (Wildman–Crippen LogP) is 2.08. The van der Waals surface area contributed by atoms with Crippen LogP contribution >= 0.6 is 0 Å². The molecule has 1 amide bonds. The van der Waals surface area contributed by atoms with Crippen molar-refractivity contribution in [2.45, 2.75) is 75.8 Å². The van der Waals surface area contributed by atoms with Gasteiger partial charge in [0.25, 0.3) is 0 Å². The molecule has 0 bridgehead atoms. The van der Waals surface area contributed by atoms with Crippen LogP contribution in [0.3, 0.4) is 0 Å². The van der Waals surface area contributed by atoms with E-state index in [9.17, 15) is 23.1 Å². The second-order valence-electron chi connectivity index (χ2n) is 7.52. The van der Waals surface area contributed by atoms with E-state index < -0.39 is 44.2 Å². The number of carbonyl (C=O) groups is 2. The van der Waals surface area contributed by atoms with Gasteiger partial charge in [-0.15, -0.1) is 0 Å². The van der Waals surface area contributed by atoms with Crippen molar-refractivity contribution in [1.29, 1.82) is 0 Å². The van der Waals surface area contributed by atoms with Crippen LogP contribution in [0, 0.1) is 11.8 Å². The van der Waals surface area contributed by atoms with Crippen LogP contribution in [-0.4, -0.2) is 53.4 Å². The number of aliphatic carboxylic acids is 1. The third-order valence-electron chi connectivity index (χ3n) is 5.57. The standard InChI is InChI=1S/C17H29NO5S/c1-11(2)15(24(22,23)13-7-5-4-6-8-13)16(19)18-10-9-14(12(18)3)17(20)21/h11-15H,4-10H2,1-3H3,(H,20,21). The van der Waals surface area contributed by atoms with Gasteiger partial charge in [-0.2, -0.15) is 0 Å². The molecule has 7 heteroatoms. The molecule has 3 unspecified atom stereocenters. The number of hydrogen-bond acceptors (Lipinski definition) is 4. The number of hydrogen-bond donors (Lipinski definition) is 1. The van der Waals surface area contributed by atoms with Crippen LogP contribution in [0.4, 0.5) is 0 Å². The number of likely N-dealkylation sites (tertiary alicyclic amines) is 1. The Morgan fingerprint density at radius 3 is 2.12 bits per heavy atom. The zero-order chi connectivity index (χ0) is 18.1. The first kappa shape index (κ1) is 19.2. The number of carboxylic acid groups (broad SMARTS) is 1. The minimum Gasteiger partial charge on any atom is -0.481 e. The van der Waals surface area contributed by atoms with Gasteiger partial charge in [-0.1, -0.05) is 33.1 Å². The average Bonchev–Trinajstić information content (AvgIpc) is 2.89. The van der Waals surface area contributed by atoms with Gasteiger partial charge in [0.2, 0.25) is 5.91 Å². The highest BCUT2D eigenvalue weighted by Gasteiger charge is 2.47. The molecule has 0 spiro atoms. The Morgan fingerprint density at radius 1 is 1.08 bits per heavy atom. The fraction of sp³-hybridized carbons (Fsp3) is 0.882. The lowest BCUT2D eigenvalue weighted by atomic mass is 10.0. The van der Waals surface area contributed by atoms with Gasteiger partial charge in [-0.05, 0) is 32.1 Å². The molecule has 2 aliphatic rings. The van der Waals surface area contributed by atoms with Gasteiger partial charge in [-0.3, -0.25) is 9.59 Å². The number of carboxylic acids is 1. The van der Waals surface area contributed by atoms with Crippen LogP contribution in [0.15, 0.2) is 0 Å². The van der Waals surface area contributed by atoms with E-state index in [1.807, 2.05) is 0 Å². The van der Waals surface area contributed by atoms with Crippen molar-refractivity contribution in [3.63, 3.8) is 0 Å². The second kappa shape index (κ2) is 7.42. The van der Waals surface area contributed by atoms with Crippen molar-refractivity contribution >= 4 is 21.7 Å².